The van der Waals surface area contributed by atoms with Gasteiger partial charge >= 0.3 is 0 Å². The Morgan fingerprint density at radius 3 is 2.62 bits per heavy atom. The number of nitrogens with two attached hydrogens (primary N) is 1. The summed E-state index contributed by atoms with van der Waals surface area (Å²) in [4.78, 5) is 13.0. The lowest BCUT2D eigenvalue weighted by atomic mass is 9.89. The number of benzene rings is 2. The van der Waals surface area contributed by atoms with Gasteiger partial charge in [-0.1, -0.05) is 55.7 Å². The predicted octanol–water partition coefficient (Wildman–Crippen LogP) is 3.52. The molecule has 1 atom stereocenters. The minimum Gasteiger partial charge on any atom is -0.497 e. The van der Waals surface area contributed by atoms with Crippen LogP contribution in [0.4, 0.5) is 5.69 Å². The molecule has 0 radical (unpaired) electrons. The number of methoxy groups -OCH3 is 1. The average molecular weight is 353 g/mol. The largest absolute Gasteiger partial charge is 0.497 e. The number of hydrogen-bond donors (Lipinski definition) is 2. The van der Waals surface area contributed by atoms with Crippen molar-refractivity contribution in [1.29, 1.82) is 0 Å². The molecular weight excluding hydrogens is 324 g/mol. The van der Waals surface area contributed by atoms with Crippen molar-refractivity contribution in [2.75, 3.05) is 19.0 Å². The summed E-state index contributed by atoms with van der Waals surface area (Å²) in [6, 6.07) is 17.3. The molecule has 4 heteroatoms. The van der Waals surface area contributed by atoms with Crippen molar-refractivity contribution in [2.45, 2.75) is 38.1 Å². The Labute approximate surface area is 156 Å². The number of ether oxygens (including phenoxy) is 1. The Bertz CT molecular complexity index is 696. The fourth-order valence-corrected chi connectivity index (χ4v) is 3.73. The third kappa shape index (κ3) is 5.09. The van der Waals surface area contributed by atoms with Crippen LogP contribution in [-0.2, 0) is 4.79 Å². The monoisotopic (exact) mass is 353 g/mol. The Morgan fingerprint density at radius 2 is 1.88 bits per heavy atom. The molecule has 0 aliphatic heterocycles. The Hall–Kier alpha value is -2.33. The fourth-order valence-electron chi connectivity index (χ4n) is 3.73. The number of carbonyl (C=O) groups excluding carboxylic acids is 1. The van der Waals surface area contributed by atoms with Crippen molar-refractivity contribution < 1.29 is 14.8 Å². The third-order valence-corrected chi connectivity index (χ3v) is 5.21. The van der Waals surface area contributed by atoms with E-state index >= 15 is 0 Å². The van der Waals surface area contributed by atoms with Gasteiger partial charge < -0.3 is 15.4 Å². The van der Waals surface area contributed by atoms with E-state index < -0.39 is 0 Å². The van der Waals surface area contributed by atoms with E-state index in [1.54, 1.807) is 7.11 Å². The van der Waals surface area contributed by atoms with Gasteiger partial charge in [0.25, 0.3) is 5.91 Å². The molecular formula is C22H29N2O2+. The van der Waals surface area contributed by atoms with E-state index in [-0.39, 0.29) is 11.9 Å². The molecule has 1 aliphatic rings. The van der Waals surface area contributed by atoms with Crippen molar-refractivity contribution in [3.8, 4) is 5.75 Å². The number of rotatable bonds is 7. The zero-order chi connectivity index (χ0) is 18.2. The Kier molecular flexibility index (Phi) is 6.67. The van der Waals surface area contributed by atoms with Gasteiger partial charge in [-0.25, -0.2) is 0 Å². The average Bonchev–Trinajstić information content (AvgIpc) is 2.70. The molecule has 0 aromatic heterocycles. The lowest BCUT2D eigenvalue weighted by Gasteiger charge is -2.23. The van der Waals surface area contributed by atoms with E-state index in [0.29, 0.717) is 0 Å². The molecule has 0 saturated heterocycles. The van der Waals surface area contributed by atoms with Gasteiger partial charge in [-0.05, 0) is 25.0 Å². The van der Waals surface area contributed by atoms with Crippen LogP contribution in [0.5, 0.6) is 5.75 Å². The Morgan fingerprint density at radius 1 is 1.12 bits per heavy atom. The van der Waals surface area contributed by atoms with Crippen LogP contribution in [-0.4, -0.2) is 19.6 Å². The zero-order valence-corrected chi connectivity index (χ0v) is 15.5. The molecule has 4 nitrogen and oxygen atoms in total. The normalized spacial score (nSPS) is 16.0. The van der Waals surface area contributed by atoms with Gasteiger partial charge in [-0.3, -0.25) is 4.79 Å². The summed E-state index contributed by atoms with van der Waals surface area (Å²) in [5.74, 6) is 1.48. The van der Waals surface area contributed by atoms with Crippen LogP contribution in [0.15, 0.2) is 54.6 Å². The lowest BCUT2D eigenvalue weighted by Crippen LogP contribution is -2.88. The maximum absolute atomic E-state index is 13.0. The number of nitrogens with one attached hydrogen (secondary N) is 1. The van der Waals surface area contributed by atoms with Gasteiger partial charge in [-0.2, -0.15) is 0 Å². The SMILES string of the molecule is COc1cccc(NC(=O)[C@H]([NH2+]CC2CCCCC2)c2ccccc2)c1. The second-order valence-corrected chi connectivity index (χ2v) is 7.09. The minimum absolute atomic E-state index is 0.0141. The lowest BCUT2D eigenvalue weighted by molar-refractivity contribution is -0.688. The van der Waals surface area contributed by atoms with Gasteiger partial charge in [-0.15, -0.1) is 0 Å². The second-order valence-electron chi connectivity index (χ2n) is 7.09. The van der Waals surface area contributed by atoms with Crippen LogP contribution < -0.4 is 15.4 Å². The molecule has 0 unspecified atom stereocenters. The third-order valence-electron chi connectivity index (χ3n) is 5.21. The van der Waals surface area contributed by atoms with Gasteiger partial charge in [0.05, 0.1) is 13.7 Å². The highest BCUT2D eigenvalue weighted by Crippen LogP contribution is 2.23. The zero-order valence-electron chi connectivity index (χ0n) is 15.5. The van der Waals surface area contributed by atoms with Gasteiger partial charge in [0.2, 0.25) is 0 Å². The van der Waals surface area contributed by atoms with E-state index in [2.05, 4.69) is 10.6 Å². The van der Waals surface area contributed by atoms with E-state index in [1.165, 1.54) is 32.1 Å². The highest BCUT2D eigenvalue weighted by Gasteiger charge is 2.26. The summed E-state index contributed by atoms with van der Waals surface area (Å²) in [6.07, 6.45) is 6.58. The first-order chi connectivity index (χ1) is 12.8. The predicted molar refractivity (Wildman–Crippen MR) is 104 cm³/mol. The van der Waals surface area contributed by atoms with E-state index in [0.717, 1.165) is 29.5 Å². The van der Waals surface area contributed by atoms with Gasteiger partial charge in [0.1, 0.15) is 5.75 Å². The Balaban J connectivity index is 1.70. The molecule has 1 saturated carbocycles. The summed E-state index contributed by atoms with van der Waals surface area (Å²) in [5.41, 5.74) is 1.81. The minimum atomic E-state index is -0.232. The first-order valence-electron chi connectivity index (χ1n) is 9.59. The topological polar surface area (TPSA) is 54.9 Å². The molecule has 2 aromatic carbocycles. The number of hydrogen-bond acceptors (Lipinski definition) is 2. The van der Waals surface area contributed by atoms with Gasteiger partial charge in [0, 0.05) is 23.2 Å². The second kappa shape index (κ2) is 9.39. The standard InChI is InChI=1S/C22H28N2O2/c1-26-20-14-8-13-19(15-20)24-22(25)21(18-11-6-3-7-12-18)23-16-17-9-4-2-5-10-17/h3,6-8,11-15,17,21,23H,2,4-5,9-10,16H2,1H3,(H,24,25)/p+1/t21-/m1/s1. The van der Waals surface area contributed by atoms with Crippen molar-refractivity contribution in [3.05, 3.63) is 60.2 Å². The first-order valence-corrected chi connectivity index (χ1v) is 9.59. The summed E-state index contributed by atoms with van der Waals surface area (Å²) >= 11 is 0. The molecule has 1 amide bonds. The summed E-state index contributed by atoms with van der Waals surface area (Å²) in [6.45, 7) is 1.01. The molecule has 0 spiro atoms. The smallest absolute Gasteiger partial charge is 0.287 e. The molecule has 1 fully saturated rings. The number of quaternary nitrogens is 1. The van der Waals surface area contributed by atoms with Crippen molar-refractivity contribution >= 4 is 11.6 Å². The van der Waals surface area contributed by atoms with Crippen LogP contribution in [0.25, 0.3) is 0 Å². The molecule has 0 bridgehead atoms. The van der Waals surface area contributed by atoms with Crippen molar-refractivity contribution in [1.82, 2.24) is 0 Å². The van der Waals surface area contributed by atoms with E-state index in [1.807, 2.05) is 54.6 Å². The summed E-state index contributed by atoms with van der Waals surface area (Å²) < 4.78 is 5.25. The summed E-state index contributed by atoms with van der Waals surface area (Å²) in [7, 11) is 1.63. The molecule has 0 heterocycles. The van der Waals surface area contributed by atoms with Crippen LogP contribution >= 0.6 is 0 Å². The molecule has 138 valence electrons. The fraction of sp³-hybridized carbons (Fsp3) is 0.409. The van der Waals surface area contributed by atoms with Crippen LogP contribution in [0.2, 0.25) is 0 Å². The molecule has 26 heavy (non-hydrogen) atoms. The van der Waals surface area contributed by atoms with Crippen LogP contribution in [0.3, 0.4) is 0 Å². The van der Waals surface area contributed by atoms with Crippen molar-refractivity contribution in [3.63, 3.8) is 0 Å². The highest BCUT2D eigenvalue weighted by atomic mass is 16.5. The van der Waals surface area contributed by atoms with Gasteiger partial charge in [0.15, 0.2) is 6.04 Å². The molecule has 1 aliphatic carbocycles. The first kappa shape index (κ1) is 18.5. The quantitative estimate of drug-likeness (QED) is 0.800. The van der Waals surface area contributed by atoms with E-state index in [9.17, 15) is 4.79 Å². The maximum atomic E-state index is 13.0. The summed E-state index contributed by atoms with van der Waals surface area (Å²) in [5, 5.41) is 5.26. The number of carbonyl (C=O) groups is 1. The highest BCUT2D eigenvalue weighted by molar-refractivity contribution is 5.94. The van der Waals surface area contributed by atoms with Crippen LogP contribution in [0.1, 0.15) is 43.7 Å². The van der Waals surface area contributed by atoms with E-state index in [4.69, 9.17) is 4.74 Å². The number of amides is 1. The van der Waals surface area contributed by atoms with Crippen LogP contribution in [0, 0.1) is 5.92 Å². The maximum Gasteiger partial charge on any atom is 0.287 e. The van der Waals surface area contributed by atoms with Crippen molar-refractivity contribution in [2.24, 2.45) is 5.92 Å². The molecule has 3 N–H and O–H groups in total. The number of anilines is 1. The molecule has 2 aromatic rings. The molecule has 3 rings (SSSR count).